The highest BCUT2D eigenvalue weighted by Crippen LogP contribution is 2.19. The average molecular weight is 293 g/mol. The number of hydrogen-bond donors (Lipinski definition) is 1. The Hall–Kier alpha value is -2.48. The van der Waals surface area contributed by atoms with Gasteiger partial charge in [-0.05, 0) is 18.2 Å². The first kappa shape index (κ1) is 13.9. The molecule has 1 aromatic heterocycles. The quantitative estimate of drug-likeness (QED) is 0.873. The van der Waals surface area contributed by atoms with Crippen LogP contribution in [0.5, 0.6) is 0 Å². The predicted octanol–water partition coefficient (Wildman–Crippen LogP) is 0.756. The number of carboxylic acid groups (broad SMARTS) is 1. The summed E-state index contributed by atoms with van der Waals surface area (Å²) >= 11 is 0. The highest BCUT2D eigenvalue weighted by atomic mass is 32.2. The molecule has 0 aliphatic heterocycles. The Morgan fingerprint density at radius 1 is 1.10 bits per heavy atom. The molecular weight excluding hydrogens is 282 g/mol. The molecule has 0 spiro atoms. The molecule has 0 aliphatic carbocycles. The third-order valence-corrected chi connectivity index (χ3v) is 4.13. The molecule has 104 valence electrons. The van der Waals surface area contributed by atoms with E-state index in [-0.39, 0.29) is 10.8 Å². The van der Waals surface area contributed by atoms with Gasteiger partial charge in [0.15, 0.2) is 0 Å². The molecule has 0 atom stereocenters. The molecule has 0 saturated carbocycles. The van der Waals surface area contributed by atoms with Crippen molar-refractivity contribution in [1.82, 2.24) is 9.97 Å². The van der Waals surface area contributed by atoms with Gasteiger partial charge in [0.1, 0.15) is 6.54 Å². The standard InChI is InChI=1S/C12H11N3O4S/c16-11(17)9-15(12-13-7-4-8-14-12)20(18,19)10-5-2-1-3-6-10/h1-8H,9H2,(H,16,17). The molecule has 0 saturated heterocycles. The van der Waals surface area contributed by atoms with Crippen molar-refractivity contribution in [3.8, 4) is 0 Å². The molecular formula is C12H11N3O4S. The van der Waals surface area contributed by atoms with E-state index in [1.54, 1.807) is 18.2 Å². The molecule has 1 heterocycles. The first-order valence-electron chi connectivity index (χ1n) is 5.58. The van der Waals surface area contributed by atoms with Crippen LogP contribution in [0.2, 0.25) is 0 Å². The third kappa shape index (κ3) is 2.91. The fourth-order valence-corrected chi connectivity index (χ4v) is 2.87. The number of carboxylic acids is 1. The maximum atomic E-state index is 12.5. The van der Waals surface area contributed by atoms with Gasteiger partial charge in [0.25, 0.3) is 10.0 Å². The van der Waals surface area contributed by atoms with Crippen LogP contribution in [0, 0.1) is 0 Å². The average Bonchev–Trinajstić information content (AvgIpc) is 2.46. The highest BCUT2D eigenvalue weighted by molar-refractivity contribution is 7.92. The molecule has 0 radical (unpaired) electrons. The van der Waals surface area contributed by atoms with Crippen molar-refractivity contribution in [3.63, 3.8) is 0 Å². The number of benzene rings is 1. The van der Waals surface area contributed by atoms with E-state index >= 15 is 0 Å². The molecule has 7 nitrogen and oxygen atoms in total. The van der Waals surface area contributed by atoms with E-state index in [1.165, 1.54) is 30.6 Å². The van der Waals surface area contributed by atoms with Crippen LogP contribution in [0.3, 0.4) is 0 Å². The molecule has 0 fully saturated rings. The summed E-state index contributed by atoms with van der Waals surface area (Å²) in [6.45, 7) is -0.749. The van der Waals surface area contributed by atoms with E-state index in [1.807, 2.05) is 0 Å². The van der Waals surface area contributed by atoms with E-state index in [0.717, 1.165) is 0 Å². The van der Waals surface area contributed by atoms with Crippen molar-refractivity contribution in [2.45, 2.75) is 4.90 Å². The fourth-order valence-electron chi connectivity index (χ4n) is 1.53. The molecule has 8 heteroatoms. The number of hydrogen-bond acceptors (Lipinski definition) is 5. The number of carbonyl (C=O) groups is 1. The number of anilines is 1. The number of nitrogens with zero attached hydrogens (tertiary/aromatic N) is 3. The summed E-state index contributed by atoms with van der Waals surface area (Å²) in [5.74, 6) is -1.48. The number of aromatic nitrogens is 2. The minimum atomic E-state index is -4.02. The van der Waals surface area contributed by atoms with Crippen LogP contribution in [0.15, 0.2) is 53.7 Å². The van der Waals surface area contributed by atoms with Gasteiger partial charge in [-0.2, -0.15) is 0 Å². The second-order valence-electron chi connectivity index (χ2n) is 3.77. The summed E-state index contributed by atoms with van der Waals surface area (Å²) in [7, 11) is -4.02. The molecule has 0 amide bonds. The number of sulfonamides is 1. The predicted molar refractivity (Wildman–Crippen MR) is 70.6 cm³/mol. The lowest BCUT2D eigenvalue weighted by Gasteiger charge is -2.20. The van der Waals surface area contributed by atoms with E-state index in [4.69, 9.17) is 5.11 Å². The lowest BCUT2D eigenvalue weighted by Crippen LogP contribution is -2.36. The summed E-state index contributed by atoms with van der Waals surface area (Å²) in [5.41, 5.74) is 0. The molecule has 1 N–H and O–H groups in total. The van der Waals surface area contributed by atoms with Crippen LogP contribution in [0.1, 0.15) is 0 Å². The van der Waals surface area contributed by atoms with Gasteiger partial charge in [-0.25, -0.2) is 22.7 Å². The van der Waals surface area contributed by atoms with Crippen LogP contribution in [-0.4, -0.2) is 36.0 Å². The first-order valence-corrected chi connectivity index (χ1v) is 7.02. The van der Waals surface area contributed by atoms with Crippen molar-refractivity contribution >= 4 is 21.9 Å². The van der Waals surface area contributed by atoms with Gasteiger partial charge >= 0.3 is 5.97 Å². The summed E-state index contributed by atoms with van der Waals surface area (Å²) in [5, 5.41) is 8.89. The third-order valence-electron chi connectivity index (χ3n) is 2.39. The lowest BCUT2D eigenvalue weighted by atomic mass is 10.4. The summed E-state index contributed by atoms with van der Waals surface area (Å²) in [6.07, 6.45) is 2.69. The summed E-state index contributed by atoms with van der Waals surface area (Å²) < 4.78 is 25.6. The summed E-state index contributed by atoms with van der Waals surface area (Å²) in [6, 6.07) is 9.05. The Morgan fingerprint density at radius 2 is 1.70 bits per heavy atom. The fraction of sp³-hybridized carbons (Fsp3) is 0.0833. The van der Waals surface area contributed by atoms with Crippen LogP contribution in [0.4, 0.5) is 5.95 Å². The van der Waals surface area contributed by atoms with Crippen LogP contribution < -0.4 is 4.31 Å². The highest BCUT2D eigenvalue weighted by Gasteiger charge is 2.28. The second kappa shape index (κ2) is 5.66. The van der Waals surface area contributed by atoms with Crippen molar-refractivity contribution in [1.29, 1.82) is 0 Å². The lowest BCUT2D eigenvalue weighted by molar-refractivity contribution is -0.135. The minimum absolute atomic E-state index is 0.0197. The Kier molecular flexibility index (Phi) is 3.94. The monoisotopic (exact) mass is 293 g/mol. The Balaban J connectivity index is 2.49. The SMILES string of the molecule is O=C(O)CN(c1ncccn1)S(=O)(=O)c1ccccc1. The Morgan fingerprint density at radius 3 is 2.25 bits per heavy atom. The molecule has 0 bridgehead atoms. The van der Waals surface area contributed by atoms with E-state index < -0.39 is 22.5 Å². The second-order valence-corrected chi connectivity index (χ2v) is 5.63. The first-order chi connectivity index (χ1) is 9.51. The zero-order chi connectivity index (χ0) is 14.6. The van der Waals surface area contributed by atoms with Gasteiger partial charge in [-0.15, -0.1) is 0 Å². The van der Waals surface area contributed by atoms with Gasteiger partial charge in [0, 0.05) is 12.4 Å². The zero-order valence-corrected chi connectivity index (χ0v) is 11.1. The van der Waals surface area contributed by atoms with Gasteiger partial charge < -0.3 is 5.11 Å². The van der Waals surface area contributed by atoms with Crippen LogP contribution in [-0.2, 0) is 14.8 Å². The van der Waals surface area contributed by atoms with E-state index in [9.17, 15) is 13.2 Å². The maximum absolute atomic E-state index is 12.5. The Labute approximate surface area is 115 Å². The van der Waals surface area contributed by atoms with Gasteiger partial charge in [0.05, 0.1) is 4.90 Å². The van der Waals surface area contributed by atoms with Crippen molar-refractivity contribution in [2.75, 3.05) is 10.8 Å². The molecule has 2 rings (SSSR count). The minimum Gasteiger partial charge on any atom is -0.480 e. The van der Waals surface area contributed by atoms with Crippen molar-refractivity contribution < 1.29 is 18.3 Å². The smallest absolute Gasteiger partial charge is 0.324 e. The molecule has 2 aromatic rings. The zero-order valence-electron chi connectivity index (χ0n) is 10.2. The van der Waals surface area contributed by atoms with E-state index in [2.05, 4.69) is 9.97 Å². The molecule has 0 aliphatic rings. The molecule has 1 aromatic carbocycles. The Bertz CT molecular complexity index is 689. The molecule has 20 heavy (non-hydrogen) atoms. The number of aliphatic carboxylic acids is 1. The van der Waals surface area contributed by atoms with Gasteiger partial charge in [-0.1, -0.05) is 18.2 Å². The molecule has 0 unspecified atom stereocenters. The van der Waals surface area contributed by atoms with E-state index in [0.29, 0.717) is 4.31 Å². The van der Waals surface area contributed by atoms with Crippen molar-refractivity contribution in [3.05, 3.63) is 48.8 Å². The largest absolute Gasteiger partial charge is 0.480 e. The topological polar surface area (TPSA) is 100 Å². The van der Waals surface area contributed by atoms with Gasteiger partial charge in [0.2, 0.25) is 5.95 Å². The van der Waals surface area contributed by atoms with Crippen LogP contribution in [0.25, 0.3) is 0 Å². The van der Waals surface area contributed by atoms with Crippen molar-refractivity contribution in [2.24, 2.45) is 0 Å². The maximum Gasteiger partial charge on any atom is 0.324 e. The number of rotatable bonds is 5. The normalized spacial score (nSPS) is 11.0. The summed E-state index contributed by atoms with van der Waals surface area (Å²) in [4.78, 5) is 18.5. The van der Waals surface area contributed by atoms with Crippen LogP contribution >= 0.6 is 0 Å². The van der Waals surface area contributed by atoms with Gasteiger partial charge in [-0.3, -0.25) is 4.79 Å².